The van der Waals surface area contributed by atoms with Crippen molar-refractivity contribution >= 4 is 11.8 Å². The van der Waals surface area contributed by atoms with E-state index >= 15 is 0 Å². The van der Waals surface area contributed by atoms with Gasteiger partial charge in [0.1, 0.15) is 0 Å². The molecule has 1 aromatic rings. The van der Waals surface area contributed by atoms with Crippen LogP contribution in [0.15, 0.2) is 53.0 Å². The second-order valence-corrected chi connectivity index (χ2v) is 10.2. The molecule has 120 valence electrons. The Balaban J connectivity index is 2.09. The maximum Gasteiger partial charge on any atom is 0.0395 e. The molecular weight excluding hydrogens is 284 g/mol. The van der Waals surface area contributed by atoms with Gasteiger partial charge in [0, 0.05) is 9.64 Å². The molecule has 0 amide bonds. The van der Waals surface area contributed by atoms with Crippen molar-refractivity contribution in [2.24, 2.45) is 5.41 Å². The molecular formula is C21H30S. The van der Waals surface area contributed by atoms with Crippen molar-refractivity contribution in [1.29, 1.82) is 0 Å². The van der Waals surface area contributed by atoms with Crippen LogP contribution < -0.4 is 0 Å². The van der Waals surface area contributed by atoms with Gasteiger partial charge >= 0.3 is 0 Å². The number of rotatable bonds is 2. The average Bonchev–Trinajstić information content (AvgIpc) is 2.37. The first-order valence-electron chi connectivity index (χ1n) is 8.19. The molecule has 1 aliphatic rings. The monoisotopic (exact) mass is 314 g/mol. The van der Waals surface area contributed by atoms with Crippen LogP contribution in [0, 0.1) is 5.41 Å². The summed E-state index contributed by atoms with van der Waals surface area (Å²) in [5.41, 5.74) is 3.32. The van der Waals surface area contributed by atoms with E-state index in [2.05, 4.69) is 91.0 Å². The van der Waals surface area contributed by atoms with Crippen molar-refractivity contribution in [3.05, 3.63) is 53.6 Å². The predicted molar refractivity (Wildman–Crippen MR) is 101 cm³/mol. The van der Waals surface area contributed by atoms with E-state index in [1.807, 2.05) is 11.8 Å². The summed E-state index contributed by atoms with van der Waals surface area (Å²) in [6.07, 6.45) is 8.22. The highest BCUT2D eigenvalue weighted by atomic mass is 32.2. The Labute approximate surface area is 141 Å². The van der Waals surface area contributed by atoms with Crippen molar-refractivity contribution in [2.75, 3.05) is 0 Å². The van der Waals surface area contributed by atoms with Crippen LogP contribution in [0.25, 0.3) is 0 Å². The Bertz CT molecular complexity index is 576. The van der Waals surface area contributed by atoms with Gasteiger partial charge in [-0.3, -0.25) is 0 Å². The summed E-state index contributed by atoms with van der Waals surface area (Å²) in [7, 11) is 0. The molecule has 0 N–H and O–H groups in total. The van der Waals surface area contributed by atoms with Crippen LogP contribution in [-0.2, 0) is 5.41 Å². The van der Waals surface area contributed by atoms with E-state index in [1.165, 1.54) is 16.0 Å². The third-order valence-corrected chi connectivity index (χ3v) is 5.56. The molecule has 0 aromatic heterocycles. The van der Waals surface area contributed by atoms with Gasteiger partial charge < -0.3 is 0 Å². The predicted octanol–water partition coefficient (Wildman–Crippen LogP) is 6.77. The molecule has 1 atom stereocenters. The third-order valence-electron chi connectivity index (χ3n) is 4.28. The van der Waals surface area contributed by atoms with Crippen LogP contribution in [0.5, 0.6) is 0 Å². The molecule has 0 heterocycles. The highest BCUT2D eigenvalue weighted by Gasteiger charge is 2.27. The van der Waals surface area contributed by atoms with Gasteiger partial charge in [-0.25, -0.2) is 0 Å². The molecule has 0 aliphatic heterocycles. The van der Waals surface area contributed by atoms with E-state index in [-0.39, 0.29) is 15.6 Å². The lowest BCUT2D eigenvalue weighted by Gasteiger charge is -2.31. The van der Waals surface area contributed by atoms with Crippen molar-refractivity contribution in [1.82, 2.24) is 0 Å². The van der Waals surface area contributed by atoms with E-state index < -0.39 is 0 Å². The zero-order valence-corrected chi connectivity index (χ0v) is 16.0. The van der Waals surface area contributed by atoms with Crippen LogP contribution in [0.3, 0.4) is 0 Å². The first kappa shape index (κ1) is 17.4. The maximum absolute atomic E-state index is 2.41. The van der Waals surface area contributed by atoms with Crippen molar-refractivity contribution in [3.63, 3.8) is 0 Å². The van der Waals surface area contributed by atoms with Crippen LogP contribution in [0.4, 0.5) is 0 Å². The van der Waals surface area contributed by atoms with Crippen molar-refractivity contribution in [2.45, 2.75) is 69.9 Å². The minimum Gasteiger partial charge on any atom is -0.115 e. The molecule has 1 aliphatic carbocycles. The average molecular weight is 315 g/mol. The van der Waals surface area contributed by atoms with Gasteiger partial charge in [0.25, 0.3) is 0 Å². The van der Waals surface area contributed by atoms with E-state index in [1.54, 1.807) is 0 Å². The Morgan fingerprint density at radius 3 is 1.91 bits per heavy atom. The fourth-order valence-electron chi connectivity index (χ4n) is 2.64. The SMILES string of the molecule is CC(C)(C)C1=CC[C@@](C)(Sc2ccc(C(C)(C)C)cc2)C=C1. The third kappa shape index (κ3) is 4.29. The van der Waals surface area contributed by atoms with Gasteiger partial charge in [0.15, 0.2) is 0 Å². The Kier molecular flexibility index (Phi) is 4.69. The quantitative estimate of drug-likeness (QED) is 0.580. The lowest BCUT2D eigenvalue weighted by Crippen LogP contribution is -2.21. The van der Waals surface area contributed by atoms with Crippen molar-refractivity contribution in [3.8, 4) is 0 Å². The number of thioether (sulfide) groups is 1. The molecule has 1 heteroatoms. The Hall–Kier alpha value is -0.950. The second kappa shape index (κ2) is 5.92. The fraction of sp³-hybridized carbons (Fsp3) is 0.524. The van der Waals surface area contributed by atoms with Gasteiger partial charge in [0.2, 0.25) is 0 Å². The molecule has 0 spiro atoms. The van der Waals surface area contributed by atoms with E-state index in [0.717, 1.165) is 6.42 Å². The van der Waals surface area contributed by atoms with E-state index in [9.17, 15) is 0 Å². The molecule has 0 fully saturated rings. The maximum atomic E-state index is 2.41. The Morgan fingerprint density at radius 1 is 0.909 bits per heavy atom. The summed E-state index contributed by atoms with van der Waals surface area (Å²) >= 11 is 1.97. The summed E-state index contributed by atoms with van der Waals surface area (Å²) in [6, 6.07) is 9.09. The molecule has 0 saturated heterocycles. The van der Waals surface area contributed by atoms with Crippen LogP contribution >= 0.6 is 11.8 Å². The minimum absolute atomic E-state index is 0.165. The highest BCUT2D eigenvalue weighted by Crippen LogP contribution is 2.42. The van der Waals surface area contributed by atoms with Gasteiger partial charge in [-0.2, -0.15) is 0 Å². The smallest absolute Gasteiger partial charge is 0.0395 e. The molecule has 1 aromatic carbocycles. The van der Waals surface area contributed by atoms with Crippen LogP contribution in [0.1, 0.15) is 60.5 Å². The normalized spacial score (nSPS) is 22.6. The highest BCUT2D eigenvalue weighted by molar-refractivity contribution is 8.00. The summed E-state index contributed by atoms with van der Waals surface area (Å²) < 4.78 is 0.165. The van der Waals surface area contributed by atoms with E-state index in [4.69, 9.17) is 0 Å². The van der Waals surface area contributed by atoms with Crippen LogP contribution in [0.2, 0.25) is 0 Å². The lowest BCUT2D eigenvalue weighted by molar-refractivity contribution is 0.509. The summed E-state index contributed by atoms with van der Waals surface area (Å²) in [4.78, 5) is 1.35. The van der Waals surface area contributed by atoms with Gasteiger partial charge in [-0.15, -0.1) is 11.8 Å². The number of allylic oxidation sites excluding steroid dienone is 3. The molecule has 0 bridgehead atoms. The van der Waals surface area contributed by atoms with Gasteiger partial charge in [0.05, 0.1) is 0 Å². The molecule has 0 radical (unpaired) electrons. The molecule has 0 saturated carbocycles. The van der Waals surface area contributed by atoms with E-state index in [0.29, 0.717) is 0 Å². The standard InChI is InChI=1S/C21H30S/c1-19(2,3)16-8-10-18(11-9-16)22-21(7)14-12-17(13-15-21)20(4,5)6/h8-14H,15H2,1-7H3/t21-/m0/s1. The topological polar surface area (TPSA) is 0 Å². The largest absolute Gasteiger partial charge is 0.115 e. The first-order chi connectivity index (χ1) is 10.00. The molecule has 0 unspecified atom stereocenters. The first-order valence-corrected chi connectivity index (χ1v) is 9.01. The molecule has 0 nitrogen and oxygen atoms in total. The summed E-state index contributed by atoms with van der Waals surface area (Å²) in [5, 5.41) is 0. The number of benzene rings is 1. The van der Waals surface area contributed by atoms with Crippen molar-refractivity contribution < 1.29 is 0 Å². The van der Waals surface area contributed by atoms with Crippen LogP contribution in [-0.4, -0.2) is 4.75 Å². The number of hydrogen-bond acceptors (Lipinski definition) is 1. The lowest BCUT2D eigenvalue weighted by atomic mass is 9.82. The zero-order chi connectivity index (χ0) is 16.6. The summed E-state index contributed by atoms with van der Waals surface area (Å²) in [5.74, 6) is 0. The fourth-order valence-corrected chi connectivity index (χ4v) is 3.75. The van der Waals surface area contributed by atoms with Gasteiger partial charge in [-0.1, -0.05) is 71.9 Å². The molecule has 22 heavy (non-hydrogen) atoms. The number of hydrogen-bond donors (Lipinski definition) is 0. The second-order valence-electron chi connectivity index (χ2n) is 8.64. The Morgan fingerprint density at radius 2 is 1.50 bits per heavy atom. The molecule has 2 rings (SSSR count). The summed E-state index contributed by atoms with van der Waals surface area (Å²) in [6.45, 7) is 16.0. The zero-order valence-electron chi connectivity index (χ0n) is 15.2. The minimum atomic E-state index is 0.165. The van der Waals surface area contributed by atoms with Gasteiger partial charge in [-0.05, 0) is 47.4 Å².